The van der Waals surface area contributed by atoms with Crippen LogP contribution in [0.4, 0.5) is 0 Å². The molecule has 27 heavy (non-hydrogen) atoms. The third-order valence-corrected chi connectivity index (χ3v) is 5.46. The molecule has 2 aromatic heterocycles. The molecule has 1 aliphatic rings. The van der Waals surface area contributed by atoms with E-state index in [4.69, 9.17) is 27.6 Å². The summed E-state index contributed by atoms with van der Waals surface area (Å²) in [5, 5.41) is 5.49. The van der Waals surface area contributed by atoms with Crippen molar-refractivity contribution in [3.63, 3.8) is 0 Å². The minimum absolute atomic E-state index is 0.175. The molecule has 0 bridgehead atoms. The summed E-state index contributed by atoms with van der Waals surface area (Å²) in [5.41, 5.74) is 3.88. The lowest BCUT2D eigenvalue weighted by atomic mass is 10.1. The maximum atomic E-state index is 13.2. The van der Waals surface area contributed by atoms with Gasteiger partial charge >= 0.3 is 0 Å². The fourth-order valence-electron chi connectivity index (χ4n) is 3.63. The smallest absolute Gasteiger partial charge is 0.256 e. The molecule has 0 aliphatic heterocycles. The number of benzene rings is 1. The second-order valence-corrected chi connectivity index (χ2v) is 7.56. The third-order valence-electron chi connectivity index (χ3n) is 4.91. The van der Waals surface area contributed by atoms with Gasteiger partial charge in [-0.05, 0) is 55.2 Å². The summed E-state index contributed by atoms with van der Waals surface area (Å²) < 4.78 is 7.39. The highest BCUT2D eigenvalue weighted by Crippen LogP contribution is 2.28. The van der Waals surface area contributed by atoms with Gasteiger partial charge in [0.15, 0.2) is 0 Å². The summed E-state index contributed by atoms with van der Waals surface area (Å²) in [6, 6.07) is 8.58. The molecular formula is C20H19Cl2N3O2. The summed E-state index contributed by atoms with van der Waals surface area (Å²) in [6.07, 6.45) is 4.77. The van der Waals surface area contributed by atoms with E-state index in [-0.39, 0.29) is 5.91 Å². The summed E-state index contributed by atoms with van der Waals surface area (Å²) in [7, 11) is 1.96. The van der Waals surface area contributed by atoms with Crippen LogP contribution in [-0.4, -0.2) is 20.6 Å². The highest BCUT2D eigenvalue weighted by molar-refractivity contribution is 6.36. The molecule has 5 nitrogen and oxygen atoms in total. The highest BCUT2D eigenvalue weighted by atomic mass is 35.5. The Morgan fingerprint density at radius 1 is 1.26 bits per heavy atom. The Morgan fingerprint density at radius 3 is 2.85 bits per heavy atom. The zero-order valence-corrected chi connectivity index (χ0v) is 16.4. The van der Waals surface area contributed by atoms with Crippen molar-refractivity contribution < 1.29 is 9.21 Å². The minimum atomic E-state index is -0.175. The molecule has 3 aromatic rings. The van der Waals surface area contributed by atoms with E-state index in [2.05, 4.69) is 5.10 Å². The lowest BCUT2D eigenvalue weighted by Gasteiger charge is -2.22. The van der Waals surface area contributed by atoms with E-state index in [1.807, 2.05) is 23.9 Å². The van der Waals surface area contributed by atoms with Crippen LogP contribution in [-0.2, 0) is 33.0 Å². The first kappa shape index (κ1) is 18.1. The molecule has 1 aromatic carbocycles. The molecule has 0 fully saturated rings. The van der Waals surface area contributed by atoms with E-state index in [9.17, 15) is 4.79 Å². The Bertz CT molecular complexity index is 980. The topological polar surface area (TPSA) is 51.3 Å². The monoisotopic (exact) mass is 403 g/mol. The van der Waals surface area contributed by atoms with Crippen molar-refractivity contribution in [2.24, 2.45) is 7.05 Å². The minimum Gasteiger partial charge on any atom is -0.467 e. The van der Waals surface area contributed by atoms with E-state index < -0.39 is 0 Å². The van der Waals surface area contributed by atoms with Crippen LogP contribution in [0.15, 0.2) is 41.0 Å². The van der Waals surface area contributed by atoms with Crippen molar-refractivity contribution in [2.75, 3.05) is 0 Å². The van der Waals surface area contributed by atoms with Gasteiger partial charge in [-0.1, -0.05) is 23.2 Å². The Morgan fingerprint density at radius 2 is 2.11 bits per heavy atom. The van der Waals surface area contributed by atoms with Gasteiger partial charge in [0.1, 0.15) is 5.76 Å². The third kappa shape index (κ3) is 3.62. The van der Waals surface area contributed by atoms with E-state index in [1.54, 1.807) is 29.4 Å². The van der Waals surface area contributed by atoms with E-state index in [0.717, 1.165) is 25.0 Å². The van der Waals surface area contributed by atoms with Gasteiger partial charge in [-0.15, -0.1) is 0 Å². The molecule has 1 amide bonds. The fourth-order valence-corrected chi connectivity index (χ4v) is 4.12. The number of halogens is 2. The number of rotatable bonds is 5. The van der Waals surface area contributed by atoms with Crippen molar-refractivity contribution in [3.8, 4) is 0 Å². The van der Waals surface area contributed by atoms with E-state index in [1.165, 1.54) is 11.3 Å². The number of furan rings is 1. The molecule has 4 rings (SSSR count). The van der Waals surface area contributed by atoms with Crippen molar-refractivity contribution in [3.05, 3.63) is 74.9 Å². The number of fused-ring (bicyclic) bond motifs is 1. The van der Waals surface area contributed by atoms with Crippen LogP contribution >= 0.6 is 23.2 Å². The number of nitrogens with zero attached hydrogens (tertiary/aromatic N) is 3. The molecule has 0 unspecified atom stereocenters. The van der Waals surface area contributed by atoms with Crippen molar-refractivity contribution in [2.45, 2.75) is 32.4 Å². The van der Waals surface area contributed by atoms with Crippen LogP contribution in [0.1, 0.15) is 39.5 Å². The van der Waals surface area contributed by atoms with Crippen LogP contribution in [0.3, 0.4) is 0 Å². The maximum Gasteiger partial charge on any atom is 0.256 e. The van der Waals surface area contributed by atoms with Gasteiger partial charge in [0.05, 0.1) is 35.6 Å². The molecule has 7 heteroatoms. The van der Waals surface area contributed by atoms with E-state index in [0.29, 0.717) is 34.5 Å². The highest BCUT2D eigenvalue weighted by Gasteiger charge is 2.26. The lowest BCUT2D eigenvalue weighted by molar-refractivity contribution is 0.0715. The maximum absolute atomic E-state index is 13.2. The van der Waals surface area contributed by atoms with Crippen LogP contribution < -0.4 is 0 Å². The molecule has 0 N–H and O–H groups in total. The SMILES string of the molecule is Cn1nc(CN(Cc2ccco2)C(=O)c2ccc(Cl)cc2Cl)c2c1CCC2. The number of aryl methyl sites for hydroxylation is 1. The summed E-state index contributed by atoms with van der Waals surface area (Å²) in [6.45, 7) is 0.748. The van der Waals surface area contributed by atoms with Crippen LogP contribution in [0, 0.1) is 0 Å². The molecule has 0 saturated carbocycles. The normalized spacial score (nSPS) is 13.0. The lowest BCUT2D eigenvalue weighted by Crippen LogP contribution is -2.30. The Labute approximate surface area is 167 Å². The quantitative estimate of drug-likeness (QED) is 0.622. The Hall–Kier alpha value is -2.24. The molecule has 0 saturated heterocycles. The first-order valence-corrected chi connectivity index (χ1v) is 9.59. The van der Waals surface area contributed by atoms with Crippen LogP contribution in [0.25, 0.3) is 0 Å². The molecule has 140 valence electrons. The van der Waals surface area contributed by atoms with E-state index >= 15 is 0 Å². The van der Waals surface area contributed by atoms with Gasteiger partial charge in [-0.2, -0.15) is 5.10 Å². The summed E-state index contributed by atoms with van der Waals surface area (Å²) in [4.78, 5) is 15.0. The number of carbonyl (C=O) groups is 1. The number of hydrogen-bond acceptors (Lipinski definition) is 3. The van der Waals surface area contributed by atoms with Gasteiger partial charge < -0.3 is 9.32 Å². The van der Waals surface area contributed by atoms with Gasteiger partial charge in [-0.25, -0.2) is 0 Å². The standard InChI is InChI=1S/C20H19Cl2N3O2/c1-24-19-6-2-5-16(19)18(23-24)12-25(11-14-4-3-9-27-14)20(26)15-8-7-13(21)10-17(15)22/h3-4,7-10H,2,5-6,11-12H2,1H3. The summed E-state index contributed by atoms with van der Waals surface area (Å²) in [5.74, 6) is 0.534. The average Bonchev–Trinajstić information content (AvgIpc) is 3.35. The molecule has 1 aliphatic carbocycles. The van der Waals surface area contributed by atoms with Crippen molar-refractivity contribution >= 4 is 29.1 Å². The van der Waals surface area contributed by atoms with Gasteiger partial charge in [-0.3, -0.25) is 9.48 Å². The van der Waals surface area contributed by atoms with Crippen LogP contribution in [0.5, 0.6) is 0 Å². The molecule has 0 radical (unpaired) electrons. The molecule has 0 spiro atoms. The largest absolute Gasteiger partial charge is 0.467 e. The molecular weight excluding hydrogens is 385 g/mol. The summed E-state index contributed by atoms with van der Waals surface area (Å²) >= 11 is 12.3. The molecule has 0 atom stereocenters. The predicted octanol–water partition coefficient (Wildman–Crippen LogP) is 4.65. The zero-order chi connectivity index (χ0) is 19.0. The van der Waals surface area contributed by atoms with Crippen LogP contribution in [0.2, 0.25) is 10.0 Å². The van der Waals surface area contributed by atoms with Gasteiger partial charge in [0, 0.05) is 17.8 Å². The number of aromatic nitrogens is 2. The Kier molecular flexibility index (Phi) is 4.98. The van der Waals surface area contributed by atoms with Crippen molar-refractivity contribution in [1.29, 1.82) is 0 Å². The first-order valence-electron chi connectivity index (χ1n) is 8.83. The van der Waals surface area contributed by atoms with Gasteiger partial charge in [0.25, 0.3) is 5.91 Å². The number of hydrogen-bond donors (Lipinski definition) is 0. The second-order valence-electron chi connectivity index (χ2n) is 6.71. The van der Waals surface area contributed by atoms with Gasteiger partial charge in [0.2, 0.25) is 0 Å². The molecule has 2 heterocycles. The number of amides is 1. The van der Waals surface area contributed by atoms with Crippen molar-refractivity contribution in [1.82, 2.24) is 14.7 Å². The number of carbonyl (C=O) groups excluding carboxylic acids is 1. The first-order chi connectivity index (χ1) is 13.0. The average molecular weight is 404 g/mol. The zero-order valence-electron chi connectivity index (χ0n) is 14.9. The second kappa shape index (κ2) is 7.41. The predicted molar refractivity (Wildman–Crippen MR) is 104 cm³/mol. The fraction of sp³-hybridized carbons (Fsp3) is 0.300. The Balaban J connectivity index is 1.67.